The van der Waals surface area contributed by atoms with E-state index in [0.29, 0.717) is 6.54 Å². The normalized spacial score (nSPS) is 16.4. The van der Waals surface area contributed by atoms with Crippen LogP contribution in [0.4, 0.5) is 5.69 Å². The van der Waals surface area contributed by atoms with Crippen molar-refractivity contribution < 1.29 is 5.11 Å². The molecule has 4 rings (SSSR count). The van der Waals surface area contributed by atoms with Gasteiger partial charge in [0.05, 0.1) is 21.4 Å². The largest absolute Gasteiger partial charge is 0.389 e. The summed E-state index contributed by atoms with van der Waals surface area (Å²) < 4.78 is 1.19. The van der Waals surface area contributed by atoms with Gasteiger partial charge in [-0.3, -0.25) is 9.98 Å². The first-order chi connectivity index (χ1) is 12.4. The summed E-state index contributed by atoms with van der Waals surface area (Å²) >= 11 is 1.70. The van der Waals surface area contributed by atoms with Crippen LogP contribution < -0.4 is 21.2 Å². The Labute approximate surface area is 156 Å². The third-order valence-corrected chi connectivity index (χ3v) is 5.22. The molecule has 0 fully saturated rings. The van der Waals surface area contributed by atoms with E-state index in [2.05, 4.69) is 52.2 Å². The fraction of sp³-hybridized carbons (Fsp3) is 0.300. The number of aliphatic hydroxyl groups is 1. The molecule has 0 spiro atoms. The van der Waals surface area contributed by atoms with Crippen molar-refractivity contribution in [1.29, 1.82) is 0 Å². The fourth-order valence-electron chi connectivity index (χ4n) is 3.03. The molecule has 26 heavy (non-hydrogen) atoms. The van der Waals surface area contributed by atoms with Gasteiger partial charge in [-0.25, -0.2) is 0 Å². The van der Waals surface area contributed by atoms with Crippen LogP contribution in [0.15, 0.2) is 40.8 Å². The van der Waals surface area contributed by atoms with Gasteiger partial charge in [-0.05, 0) is 61.4 Å². The van der Waals surface area contributed by atoms with Crippen LogP contribution in [-0.2, 0) is 0 Å². The van der Waals surface area contributed by atoms with Gasteiger partial charge in [-0.15, -0.1) is 11.3 Å². The molecule has 0 bridgehead atoms. The van der Waals surface area contributed by atoms with E-state index in [-0.39, 0.29) is 6.17 Å². The SMILES string of the molecule is Cc1cc(NCC(C)(C)O)cc2c1=NC(c1cc3ccsc3cn1)NC=2. The molecule has 0 saturated carbocycles. The Morgan fingerprint density at radius 2 is 2.15 bits per heavy atom. The van der Waals surface area contributed by atoms with E-state index in [9.17, 15) is 5.11 Å². The number of nitrogens with zero attached hydrogens (tertiary/aromatic N) is 2. The van der Waals surface area contributed by atoms with Gasteiger partial charge in [0.2, 0.25) is 0 Å². The lowest BCUT2D eigenvalue weighted by molar-refractivity contribution is 0.0945. The van der Waals surface area contributed by atoms with Gasteiger partial charge in [0.25, 0.3) is 0 Å². The summed E-state index contributed by atoms with van der Waals surface area (Å²) in [5.41, 5.74) is 2.24. The summed E-state index contributed by atoms with van der Waals surface area (Å²) in [6.07, 6.45) is 3.73. The summed E-state index contributed by atoms with van der Waals surface area (Å²) in [6, 6.07) is 8.33. The second kappa shape index (κ2) is 6.37. The van der Waals surface area contributed by atoms with E-state index < -0.39 is 5.60 Å². The van der Waals surface area contributed by atoms with E-state index in [0.717, 1.165) is 27.5 Å². The molecule has 3 N–H and O–H groups in total. The molecule has 0 amide bonds. The van der Waals surface area contributed by atoms with Crippen LogP contribution >= 0.6 is 11.3 Å². The van der Waals surface area contributed by atoms with Gasteiger partial charge >= 0.3 is 0 Å². The lowest BCUT2D eigenvalue weighted by Gasteiger charge is -2.20. The van der Waals surface area contributed by atoms with Crippen molar-refractivity contribution in [2.75, 3.05) is 11.9 Å². The lowest BCUT2D eigenvalue weighted by atomic mass is 10.1. The number of thiophene rings is 1. The molecule has 0 saturated heterocycles. The molecule has 1 aliphatic rings. The average Bonchev–Trinajstić information content (AvgIpc) is 3.07. The average molecular weight is 366 g/mol. The molecular weight excluding hydrogens is 344 g/mol. The molecule has 1 unspecified atom stereocenters. The number of fused-ring (bicyclic) bond motifs is 2. The van der Waals surface area contributed by atoms with Crippen LogP contribution in [0.2, 0.25) is 0 Å². The van der Waals surface area contributed by atoms with E-state index in [1.165, 1.54) is 10.1 Å². The Morgan fingerprint density at radius 3 is 2.96 bits per heavy atom. The maximum atomic E-state index is 9.90. The van der Waals surface area contributed by atoms with Gasteiger partial charge in [0.1, 0.15) is 0 Å². The Kier molecular flexibility index (Phi) is 4.17. The first-order valence-electron chi connectivity index (χ1n) is 8.63. The van der Waals surface area contributed by atoms with Crippen molar-refractivity contribution in [2.24, 2.45) is 4.99 Å². The number of hydrogen-bond donors (Lipinski definition) is 3. The molecule has 1 atom stereocenters. The Hall–Kier alpha value is -2.44. The molecule has 3 aromatic rings. The van der Waals surface area contributed by atoms with Crippen LogP contribution in [0.1, 0.15) is 31.3 Å². The van der Waals surface area contributed by atoms with E-state index in [1.807, 2.05) is 12.4 Å². The minimum absolute atomic E-state index is 0.180. The van der Waals surface area contributed by atoms with Crippen LogP contribution in [-0.4, -0.2) is 22.2 Å². The number of anilines is 1. The summed E-state index contributed by atoms with van der Waals surface area (Å²) in [6.45, 7) is 6.12. The van der Waals surface area contributed by atoms with Crippen LogP contribution in [0.25, 0.3) is 16.3 Å². The summed E-state index contributed by atoms with van der Waals surface area (Å²) in [7, 11) is 0. The van der Waals surface area contributed by atoms with Gasteiger partial charge < -0.3 is 15.7 Å². The van der Waals surface area contributed by atoms with E-state index in [1.54, 1.807) is 25.2 Å². The molecule has 1 aliphatic heterocycles. The van der Waals surface area contributed by atoms with Crippen molar-refractivity contribution in [2.45, 2.75) is 32.5 Å². The van der Waals surface area contributed by atoms with Crippen molar-refractivity contribution in [3.05, 3.63) is 57.7 Å². The Morgan fingerprint density at radius 1 is 1.31 bits per heavy atom. The van der Waals surface area contributed by atoms with Gasteiger partial charge in [-0.2, -0.15) is 0 Å². The maximum absolute atomic E-state index is 9.90. The zero-order valence-corrected chi connectivity index (χ0v) is 15.9. The van der Waals surface area contributed by atoms with Gasteiger partial charge in [0.15, 0.2) is 6.17 Å². The molecule has 6 heteroatoms. The third-order valence-electron chi connectivity index (χ3n) is 4.35. The monoisotopic (exact) mass is 366 g/mol. The smallest absolute Gasteiger partial charge is 0.162 e. The summed E-state index contributed by atoms with van der Waals surface area (Å²) in [4.78, 5) is 9.45. The molecule has 0 radical (unpaired) electrons. The second-order valence-electron chi connectivity index (χ2n) is 7.31. The first-order valence-corrected chi connectivity index (χ1v) is 9.51. The number of nitrogens with one attached hydrogen (secondary N) is 2. The zero-order chi connectivity index (χ0) is 18.3. The summed E-state index contributed by atoms with van der Waals surface area (Å²) in [5.74, 6) is 0. The first kappa shape index (κ1) is 17.0. The number of aryl methyl sites for hydroxylation is 1. The molecule has 134 valence electrons. The molecule has 0 aliphatic carbocycles. The standard InChI is InChI=1S/C20H22N4OS/c1-12-6-15(23-11-20(2,3)25)7-14-9-22-19(24-18(12)14)16-8-13-4-5-26-17(13)10-21-16/h4-10,19,22-23,25H,11H2,1-3H3. The summed E-state index contributed by atoms with van der Waals surface area (Å²) in [5, 5.41) is 21.8. The van der Waals surface area contributed by atoms with E-state index >= 15 is 0 Å². The molecule has 5 nitrogen and oxygen atoms in total. The second-order valence-corrected chi connectivity index (χ2v) is 8.25. The van der Waals surface area contributed by atoms with Crippen LogP contribution in [0, 0.1) is 6.92 Å². The topological polar surface area (TPSA) is 69.5 Å². The quantitative estimate of drug-likeness (QED) is 0.663. The van der Waals surface area contributed by atoms with Crippen molar-refractivity contribution in [3.63, 3.8) is 0 Å². The van der Waals surface area contributed by atoms with Crippen LogP contribution in [0.3, 0.4) is 0 Å². The van der Waals surface area contributed by atoms with Crippen molar-refractivity contribution in [1.82, 2.24) is 10.3 Å². The predicted octanol–water partition coefficient (Wildman–Crippen LogP) is 2.45. The predicted molar refractivity (Wildman–Crippen MR) is 107 cm³/mol. The highest BCUT2D eigenvalue weighted by atomic mass is 32.1. The van der Waals surface area contributed by atoms with Crippen LogP contribution in [0.5, 0.6) is 0 Å². The number of pyridine rings is 1. The number of aromatic nitrogens is 1. The third kappa shape index (κ3) is 3.43. The van der Waals surface area contributed by atoms with E-state index in [4.69, 9.17) is 4.99 Å². The zero-order valence-electron chi connectivity index (χ0n) is 15.1. The highest BCUT2D eigenvalue weighted by molar-refractivity contribution is 7.17. The maximum Gasteiger partial charge on any atom is 0.162 e. The van der Waals surface area contributed by atoms with Crippen molar-refractivity contribution >= 4 is 33.3 Å². The molecule has 2 aromatic heterocycles. The fourth-order valence-corrected chi connectivity index (χ4v) is 3.77. The highest BCUT2D eigenvalue weighted by Crippen LogP contribution is 2.23. The minimum Gasteiger partial charge on any atom is -0.389 e. The minimum atomic E-state index is -0.757. The number of benzene rings is 1. The molecule has 1 aromatic carbocycles. The molecule has 3 heterocycles. The van der Waals surface area contributed by atoms with Gasteiger partial charge in [0, 0.05) is 29.8 Å². The lowest BCUT2D eigenvalue weighted by Crippen LogP contribution is -2.38. The Bertz CT molecular complexity index is 1080. The highest BCUT2D eigenvalue weighted by Gasteiger charge is 2.15. The molecular formula is C20H22N4OS. The van der Waals surface area contributed by atoms with Crippen molar-refractivity contribution in [3.8, 4) is 0 Å². The Balaban J connectivity index is 1.67. The van der Waals surface area contributed by atoms with Gasteiger partial charge in [-0.1, -0.05) is 0 Å². The number of rotatable bonds is 4. The number of hydrogen-bond acceptors (Lipinski definition) is 6.